The predicted molar refractivity (Wildman–Crippen MR) is 82.6 cm³/mol. The van der Waals surface area contributed by atoms with Crippen molar-refractivity contribution in [2.45, 2.75) is 36.6 Å². The summed E-state index contributed by atoms with van der Waals surface area (Å²) in [5, 5.41) is 10.8. The molecule has 0 aliphatic heterocycles. The molecule has 0 radical (unpaired) electrons. The largest absolute Gasteiger partial charge is 0.388 e. The van der Waals surface area contributed by atoms with Gasteiger partial charge in [0.2, 0.25) is 0 Å². The van der Waals surface area contributed by atoms with Crippen molar-refractivity contribution in [1.29, 1.82) is 0 Å². The van der Waals surface area contributed by atoms with Gasteiger partial charge in [0.15, 0.2) is 4.21 Å². The molecule has 0 amide bonds. The number of thiazole rings is 1. The molecule has 1 aromatic heterocycles. The van der Waals surface area contributed by atoms with E-state index in [0.717, 1.165) is 11.3 Å². The van der Waals surface area contributed by atoms with Crippen LogP contribution in [0.25, 0.3) is 0 Å². The molecule has 5 nitrogen and oxygen atoms in total. The Morgan fingerprint density at radius 2 is 2.00 bits per heavy atom. The quantitative estimate of drug-likeness (QED) is 0.843. The lowest BCUT2D eigenvalue weighted by Gasteiger charge is -2.17. The lowest BCUT2D eigenvalue weighted by Crippen LogP contribution is -2.33. The summed E-state index contributed by atoms with van der Waals surface area (Å²) in [6.07, 6.45) is 0.621. The third-order valence-electron chi connectivity index (χ3n) is 3.05. The van der Waals surface area contributed by atoms with Gasteiger partial charge in [0.05, 0.1) is 17.3 Å². The molecule has 22 heavy (non-hydrogen) atoms. The molecule has 0 bridgehead atoms. The smallest absolute Gasteiger partial charge is 0.251 e. The van der Waals surface area contributed by atoms with Crippen molar-refractivity contribution in [3.8, 4) is 0 Å². The van der Waals surface area contributed by atoms with Crippen LogP contribution in [0, 0.1) is 12.7 Å². The summed E-state index contributed by atoms with van der Waals surface area (Å²) in [6, 6.07) is 5.00. The zero-order chi connectivity index (χ0) is 16.3. The van der Waals surface area contributed by atoms with E-state index < -0.39 is 22.2 Å². The first-order valence-corrected chi connectivity index (χ1v) is 8.96. The summed E-state index contributed by atoms with van der Waals surface area (Å²) in [5.74, 6) is -0.384. The van der Waals surface area contributed by atoms with Gasteiger partial charge >= 0.3 is 0 Å². The van der Waals surface area contributed by atoms with Gasteiger partial charge in [-0.3, -0.25) is 0 Å². The molecule has 1 heterocycles. The number of nitrogens with one attached hydrogen (secondary N) is 1. The standard InChI is InChI=1S/C14H17FN2O3S2/c1-9(7-13(18)11-3-5-12(15)6-4-11)17-22(19,20)14-8-16-10(2)21-14/h3-6,8-9,13,17-18H,7H2,1-2H3/t9-,13+/m0/s1. The average Bonchev–Trinajstić information content (AvgIpc) is 2.86. The topological polar surface area (TPSA) is 79.3 Å². The zero-order valence-corrected chi connectivity index (χ0v) is 13.8. The highest BCUT2D eigenvalue weighted by molar-refractivity contribution is 7.91. The van der Waals surface area contributed by atoms with Gasteiger partial charge in [-0.1, -0.05) is 12.1 Å². The highest BCUT2D eigenvalue weighted by Gasteiger charge is 2.22. The maximum atomic E-state index is 12.8. The predicted octanol–water partition coefficient (Wildman–Crippen LogP) is 2.38. The highest BCUT2D eigenvalue weighted by atomic mass is 32.2. The first-order valence-electron chi connectivity index (χ1n) is 6.66. The lowest BCUT2D eigenvalue weighted by molar-refractivity contribution is 0.158. The van der Waals surface area contributed by atoms with Crippen LogP contribution >= 0.6 is 11.3 Å². The summed E-state index contributed by atoms with van der Waals surface area (Å²) in [4.78, 5) is 3.92. The van der Waals surface area contributed by atoms with E-state index in [1.54, 1.807) is 13.8 Å². The van der Waals surface area contributed by atoms with Gasteiger partial charge in [-0.25, -0.2) is 22.5 Å². The van der Waals surface area contributed by atoms with Crippen molar-refractivity contribution >= 4 is 21.4 Å². The van der Waals surface area contributed by atoms with Gasteiger partial charge in [-0.05, 0) is 38.0 Å². The molecule has 1 aromatic carbocycles. The van der Waals surface area contributed by atoms with E-state index in [1.807, 2.05) is 0 Å². The molecule has 0 saturated carbocycles. The van der Waals surface area contributed by atoms with Crippen LogP contribution in [-0.4, -0.2) is 24.6 Å². The van der Waals surface area contributed by atoms with Gasteiger partial charge in [-0.2, -0.15) is 0 Å². The number of aryl methyl sites for hydroxylation is 1. The number of aliphatic hydroxyl groups is 1. The first kappa shape index (κ1) is 17.0. The van der Waals surface area contributed by atoms with Gasteiger partial charge < -0.3 is 5.11 Å². The third-order valence-corrected chi connectivity index (χ3v) is 6.02. The number of hydrogen-bond donors (Lipinski definition) is 2. The third kappa shape index (κ3) is 4.33. The Balaban J connectivity index is 2.00. The van der Waals surface area contributed by atoms with Crippen molar-refractivity contribution in [2.24, 2.45) is 0 Å². The first-order chi connectivity index (χ1) is 10.3. The van der Waals surface area contributed by atoms with E-state index in [4.69, 9.17) is 0 Å². The van der Waals surface area contributed by atoms with Gasteiger partial charge in [0.1, 0.15) is 5.82 Å². The second kappa shape index (κ2) is 6.82. The number of aromatic nitrogens is 1. The number of benzene rings is 1. The highest BCUT2D eigenvalue weighted by Crippen LogP contribution is 2.21. The maximum Gasteiger partial charge on any atom is 0.251 e. The number of nitrogens with zero attached hydrogens (tertiary/aromatic N) is 1. The monoisotopic (exact) mass is 344 g/mol. The molecular weight excluding hydrogens is 327 g/mol. The van der Waals surface area contributed by atoms with Crippen molar-refractivity contribution in [3.05, 3.63) is 46.9 Å². The summed E-state index contributed by atoms with van der Waals surface area (Å²) < 4.78 is 39.8. The van der Waals surface area contributed by atoms with Crippen LogP contribution in [0.15, 0.2) is 34.7 Å². The number of sulfonamides is 1. The Labute approximate surface area is 132 Å². The number of halogens is 1. The lowest BCUT2D eigenvalue weighted by atomic mass is 10.0. The molecule has 120 valence electrons. The van der Waals surface area contributed by atoms with E-state index >= 15 is 0 Å². The minimum absolute atomic E-state index is 0.146. The Hall–Kier alpha value is -1.35. The Kier molecular flexibility index (Phi) is 5.28. The fraction of sp³-hybridized carbons (Fsp3) is 0.357. The molecule has 2 N–H and O–H groups in total. The Morgan fingerprint density at radius 1 is 1.36 bits per heavy atom. The molecule has 2 aromatic rings. The van der Waals surface area contributed by atoms with Crippen LogP contribution in [-0.2, 0) is 10.0 Å². The fourth-order valence-electron chi connectivity index (χ4n) is 1.99. The molecule has 2 rings (SSSR count). The normalized spacial score (nSPS) is 14.7. The summed E-state index contributed by atoms with van der Waals surface area (Å²) in [6.45, 7) is 3.39. The SMILES string of the molecule is Cc1ncc(S(=O)(=O)N[C@@H](C)C[C@@H](O)c2ccc(F)cc2)s1. The molecule has 0 saturated heterocycles. The minimum Gasteiger partial charge on any atom is -0.388 e. The fourth-order valence-corrected chi connectivity index (χ4v) is 4.37. The van der Waals surface area contributed by atoms with Gasteiger partial charge in [0.25, 0.3) is 10.0 Å². The van der Waals surface area contributed by atoms with Crippen LogP contribution in [0.5, 0.6) is 0 Å². The number of rotatable bonds is 6. The molecular formula is C14H17FN2O3S2. The molecule has 0 fully saturated rings. The zero-order valence-electron chi connectivity index (χ0n) is 12.2. The van der Waals surface area contributed by atoms with Crippen LogP contribution in [0.2, 0.25) is 0 Å². The molecule has 0 unspecified atom stereocenters. The maximum absolute atomic E-state index is 12.8. The summed E-state index contributed by atoms with van der Waals surface area (Å²) in [5.41, 5.74) is 0.543. The number of hydrogen-bond acceptors (Lipinski definition) is 5. The Bertz CT molecular complexity index is 729. The van der Waals surface area contributed by atoms with E-state index in [-0.39, 0.29) is 16.4 Å². The Morgan fingerprint density at radius 3 is 2.55 bits per heavy atom. The molecule has 0 spiro atoms. The molecule has 0 aliphatic carbocycles. The summed E-state index contributed by atoms with van der Waals surface area (Å²) >= 11 is 1.09. The molecule has 8 heteroatoms. The van der Waals surface area contributed by atoms with Gasteiger partial charge in [-0.15, -0.1) is 11.3 Å². The van der Waals surface area contributed by atoms with Crippen LogP contribution in [0.4, 0.5) is 4.39 Å². The van der Waals surface area contributed by atoms with Crippen molar-refractivity contribution in [3.63, 3.8) is 0 Å². The van der Waals surface area contributed by atoms with E-state index in [1.165, 1.54) is 30.5 Å². The van der Waals surface area contributed by atoms with Gasteiger partial charge in [0, 0.05) is 6.04 Å². The second-order valence-electron chi connectivity index (χ2n) is 5.02. The van der Waals surface area contributed by atoms with Crippen LogP contribution in [0.3, 0.4) is 0 Å². The van der Waals surface area contributed by atoms with E-state index in [9.17, 15) is 17.9 Å². The van der Waals surface area contributed by atoms with E-state index in [0.29, 0.717) is 10.6 Å². The van der Waals surface area contributed by atoms with Crippen molar-refractivity contribution < 1.29 is 17.9 Å². The van der Waals surface area contributed by atoms with Crippen molar-refractivity contribution in [2.75, 3.05) is 0 Å². The van der Waals surface area contributed by atoms with Crippen LogP contribution < -0.4 is 4.72 Å². The average molecular weight is 344 g/mol. The summed E-state index contributed by atoms with van der Waals surface area (Å²) in [7, 11) is -3.64. The van der Waals surface area contributed by atoms with Crippen LogP contribution in [0.1, 0.15) is 30.0 Å². The second-order valence-corrected chi connectivity index (χ2v) is 8.20. The molecule has 2 atom stereocenters. The molecule has 0 aliphatic rings. The minimum atomic E-state index is -3.64. The van der Waals surface area contributed by atoms with Crippen molar-refractivity contribution in [1.82, 2.24) is 9.71 Å². The van der Waals surface area contributed by atoms with E-state index in [2.05, 4.69) is 9.71 Å². The number of aliphatic hydroxyl groups excluding tert-OH is 1.